The van der Waals surface area contributed by atoms with Gasteiger partial charge in [0.15, 0.2) is 0 Å². The molecule has 0 heterocycles. The van der Waals surface area contributed by atoms with Crippen molar-refractivity contribution in [3.63, 3.8) is 0 Å². The van der Waals surface area contributed by atoms with E-state index in [1.165, 1.54) is 0 Å². The van der Waals surface area contributed by atoms with Crippen LogP contribution in [0.2, 0.25) is 0 Å². The fraction of sp³-hybridized carbons (Fsp3) is 0.231. The first-order valence-corrected chi connectivity index (χ1v) is 7.97. The van der Waals surface area contributed by atoms with Crippen molar-refractivity contribution in [2.24, 2.45) is 0 Å². The van der Waals surface area contributed by atoms with Crippen LogP contribution in [0.5, 0.6) is 0 Å². The third kappa shape index (κ3) is 5.94. The number of sulfonamides is 1. The molecule has 0 fully saturated rings. The smallest absolute Gasteiger partial charge is 0.354 e. The monoisotopic (exact) mass is 346 g/mol. The molecule has 1 rings (SSSR count). The average Bonchev–Trinajstić information content (AvgIpc) is 2.47. The predicted molar refractivity (Wildman–Crippen MR) is 80.6 cm³/mol. The number of nitrogens with one attached hydrogen (secondary N) is 2. The van der Waals surface area contributed by atoms with Gasteiger partial charge >= 0.3 is 11.9 Å². The molecular formula is C13H15FN2O6S. The number of anilines is 2. The second-order valence-electron chi connectivity index (χ2n) is 4.26. The molecule has 0 aromatic heterocycles. The molecule has 0 saturated carbocycles. The minimum atomic E-state index is -3.64. The zero-order chi connectivity index (χ0) is 17.6. The number of hydrogen-bond donors (Lipinski definition) is 2. The highest BCUT2D eigenvalue weighted by molar-refractivity contribution is 7.92. The Morgan fingerprint density at radius 3 is 2.35 bits per heavy atom. The summed E-state index contributed by atoms with van der Waals surface area (Å²) in [6, 6.07) is 3.13. The zero-order valence-corrected chi connectivity index (χ0v) is 13.4. The Bertz CT molecular complexity index is 745. The van der Waals surface area contributed by atoms with E-state index in [1.54, 1.807) is 0 Å². The standard InChI is InChI=1S/C13H15FN2O6S/c1-21-12(17)7-11(13(18)22-2)15-10-6-8(14)4-5-9(10)16-23(3,19)20/h4-7,15-16H,1-3H3/b11-7+. The fourth-order valence-corrected chi connectivity index (χ4v) is 2.06. The molecule has 0 radical (unpaired) electrons. The van der Waals surface area contributed by atoms with Gasteiger partial charge < -0.3 is 14.8 Å². The second kappa shape index (κ2) is 7.58. The Labute approximate surface area is 132 Å². The maximum atomic E-state index is 13.4. The Morgan fingerprint density at radius 2 is 1.83 bits per heavy atom. The average molecular weight is 346 g/mol. The molecule has 0 aliphatic carbocycles. The molecule has 0 unspecified atom stereocenters. The van der Waals surface area contributed by atoms with Crippen molar-refractivity contribution in [1.82, 2.24) is 0 Å². The SMILES string of the molecule is COC(=O)/C=C(/Nc1cc(F)ccc1NS(C)(=O)=O)C(=O)OC. The normalized spacial score (nSPS) is 11.6. The quantitative estimate of drug-likeness (QED) is 0.580. The number of carbonyl (C=O) groups is 2. The van der Waals surface area contributed by atoms with E-state index in [2.05, 4.69) is 19.5 Å². The van der Waals surface area contributed by atoms with Crippen molar-refractivity contribution in [2.45, 2.75) is 0 Å². The molecule has 1 aromatic carbocycles. The fourth-order valence-electron chi connectivity index (χ4n) is 1.49. The topological polar surface area (TPSA) is 111 Å². The van der Waals surface area contributed by atoms with Crippen LogP contribution in [0.4, 0.5) is 15.8 Å². The third-order valence-corrected chi connectivity index (χ3v) is 3.01. The molecule has 0 aliphatic rings. The lowest BCUT2D eigenvalue weighted by Crippen LogP contribution is -2.17. The van der Waals surface area contributed by atoms with E-state index in [4.69, 9.17) is 0 Å². The van der Waals surface area contributed by atoms with Crippen molar-refractivity contribution in [3.8, 4) is 0 Å². The molecule has 23 heavy (non-hydrogen) atoms. The Kier molecular flexibility index (Phi) is 6.08. The highest BCUT2D eigenvalue weighted by atomic mass is 32.2. The largest absolute Gasteiger partial charge is 0.466 e. The Balaban J connectivity index is 3.27. The minimum Gasteiger partial charge on any atom is -0.466 e. The molecule has 8 nitrogen and oxygen atoms in total. The summed E-state index contributed by atoms with van der Waals surface area (Å²) in [5, 5.41) is 2.45. The summed E-state index contributed by atoms with van der Waals surface area (Å²) in [6.07, 6.45) is 1.70. The van der Waals surface area contributed by atoms with Crippen molar-refractivity contribution >= 4 is 33.3 Å². The second-order valence-corrected chi connectivity index (χ2v) is 6.01. The maximum Gasteiger partial charge on any atom is 0.354 e. The van der Waals surface area contributed by atoms with Gasteiger partial charge in [-0.3, -0.25) is 4.72 Å². The van der Waals surface area contributed by atoms with Crippen molar-refractivity contribution in [2.75, 3.05) is 30.5 Å². The van der Waals surface area contributed by atoms with Gasteiger partial charge in [0.05, 0.1) is 37.9 Å². The number of methoxy groups -OCH3 is 2. The van der Waals surface area contributed by atoms with E-state index in [0.717, 1.165) is 44.8 Å². The highest BCUT2D eigenvalue weighted by Crippen LogP contribution is 2.25. The summed E-state index contributed by atoms with van der Waals surface area (Å²) in [5.41, 5.74) is -0.467. The van der Waals surface area contributed by atoms with Gasteiger partial charge in [-0.15, -0.1) is 0 Å². The number of ether oxygens (including phenoxy) is 2. The first-order valence-electron chi connectivity index (χ1n) is 6.08. The molecule has 1 aromatic rings. The van der Waals surface area contributed by atoms with Crippen LogP contribution in [0, 0.1) is 5.82 Å². The highest BCUT2D eigenvalue weighted by Gasteiger charge is 2.16. The van der Waals surface area contributed by atoms with Crippen LogP contribution in [-0.2, 0) is 29.1 Å². The number of hydrogen-bond acceptors (Lipinski definition) is 7. The van der Waals surface area contributed by atoms with Crippen LogP contribution in [0.1, 0.15) is 0 Å². The molecule has 0 aliphatic heterocycles. The van der Waals surface area contributed by atoms with Gasteiger partial charge in [-0.05, 0) is 18.2 Å². The number of benzene rings is 1. The summed E-state index contributed by atoms with van der Waals surface area (Å²) in [6.45, 7) is 0. The molecule has 0 atom stereocenters. The van der Waals surface area contributed by atoms with E-state index in [0.29, 0.717) is 0 Å². The molecule has 126 valence electrons. The van der Waals surface area contributed by atoms with E-state index in [1.807, 2.05) is 0 Å². The Hall–Kier alpha value is -2.62. The van der Waals surface area contributed by atoms with Gasteiger partial charge in [-0.25, -0.2) is 22.4 Å². The van der Waals surface area contributed by atoms with Crippen LogP contribution in [0.3, 0.4) is 0 Å². The minimum absolute atomic E-state index is 0.0198. The van der Waals surface area contributed by atoms with E-state index >= 15 is 0 Å². The van der Waals surface area contributed by atoms with Gasteiger partial charge in [0.25, 0.3) is 0 Å². The number of halogens is 1. The van der Waals surface area contributed by atoms with Crippen LogP contribution < -0.4 is 10.0 Å². The zero-order valence-electron chi connectivity index (χ0n) is 12.5. The molecule has 0 amide bonds. The van der Waals surface area contributed by atoms with Crippen LogP contribution >= 0.6 is 0 Å². The first kappa shape index (κ1) is 18.4. The lowest BCUT2D eigenvalue weighted by molar-refractivity contribution is -0.138. The summed E-state index contributed by atoms with van der Waals surface area (Å²) in [7, 11) is -1.46. The van der Waals surface area contributed by atoms with Gasteiger partial charge in [-0.2, -0.15) is 0 Å². The molecule has 0 spiro atoms. The lowest BCUT2D eigenvalue weighted by atomic mass is 10.2. The van der Waals surface area contributed by atoms with Crippen molar-refractivity contribution in [1.29, 1.82) is 0 Å². The van der Waals surface area contributed by atoms with Crippen LogP contribution in [0.15, 0.2) is 30.0 Å². The Morgan fingerprint density at radius 1 is 1.17 bits per heavy atom. The summed E-state index contributed by atoms with van der Waals surface area (Å²) < 4.78 is 47.1. The molecule has 10 heteroatoms. The van der Waals surface area contributed by atoms with Gasteiger partial charge in [0.1, 0.15) is 11.5 Å². The van der Waals surface area contributed by atoms with Crippen LogP contribution in [-0.4, -0.2) is 40.8 Å². The lowest BCUT2D eigenvalue weighted by Gasteiger charge is -2.14. The summed E-state index contributed by atoms with van der Waals surface area (Å²) >= 11 is 0. The van der Waals surface area contributed by atoms with E-state index in [-0.39, 0.29) is 17.1 Å². The van der Waals surface area contributed by atoms with Gasteiger partial charge in [-0.1, -0.05) is 0 Å². The van der Waals surface area contributed by atoms with Crippen molar-refractivity contribution in [3.05, 3.63) is 35.8 Å². The van der Waals surface area contributed by atoms with Gasteiger partial charge in [0, 0.05) is 0 Å². The molecule has 0 bridgehead atoms. The molecule has 0 saturated heterocycles. The van der Waals surface area contributed by atoms with Crippen LogP contribution in [0.25, 0.3) is 0 Å². The predicted octanol–water partition coefficient (Wildman–Crippen LogP) is 0.839. The number of carbonyl (C=O) groups excluding carboxylic acids is 2. The maximum absolute atomic E-state index is 13.4. The van der Waals surface area contributed by atoms with Crippen molar-refractivity contribution < 1.29 is 31.9 Å². The first-order chi connectivity index (χ1) is 10.7. The number of rotatable bonds is 6. The molecule has 2 N–H and O–H groups in total. The van der Waals surface area contributed by atoms with Gasteiger partial charge in [0.2, 0.25) is 10.0 Å². The summed E-state index contributed by atoms with van der Waals surface area (Å²) in [4.78, 5) is 22.9. The number of esters is 2. The third-order valence-electron chi connectivity index (χ3n) is 2.41. The van der Waals surface area contributed by atoms with E-state index in [9.17, 15) is 22.4 Å². The molecular weight excluding hydrogens is 331 g/mol. The summed E-state index contributed by atoms with van der Waals surface area (Å²) in [5.74, 6) is -2.47. The van der Waals surface area contributed by atoms with E-state index < -0.39 is 27.8 Å².